The second kappa shape index (κ2) is 10.6. The molecular weight excluding hydrogens is 462 g/mol. The molecule has 1 aliphatic rings. The number of imidazole rings is 1. The molecule has 1 aliphatic heterocycles. The Kier molecular flexibility index (Phi) is 7.12. The Labute approximate surface area is 208 Å². The summed E-state index contributed by atoms with van der Waals surface area (Å²) in [5.41, 5.74) is 8.59. The summed E-state index contributed by atoms with van der Waals surface area (Å²) in [5.74, 6) is 1.86. The molecule has 1 fully saturated rings. The summed E-state index contributed by atoms with van der Waals surface area (Å²) in [4.78, 5) is 11.4. The van der Waals surface area contributed by atoms with Crippen LogP contribution in [-0.2, 0) is 11.3 Å². The van der Waals surface area contributed by atoms with Crippen molar-refractivity contribution >= 4 is 16.9 Å². The van der Waals surface area contributed by atoms with Gasteiger partial charge in [-0.2, -0.15) is 0 Å². The molecule has 0 saturated carbocycles. The zero-order chi connectivity index (χ0) is 25.1. The highest BCUT2D eigenvalue weighted by Crippen LogP contribution is 2.31. The highest BCUT2D eigenvalue weighted by Gasteiger charge is 2.21. The van der Waals surface area contributed by atoms with Gasteiger partial charge in [-0.25, -0.2) is 14.6 Å². The molecule has 1 aromatic carbocycles. The van der Waals surface area contributed by atoms with Gasteiger partial charge in [0.15, 0.2) is 17.3 Å². The minimum absolute atomic E-state index is 0.105. The van der Waals surface area contributed by atoms with Gasteiger partial charge < -0.3 is 24.9 Å². The van der Waals surface area contributed by atoms with Crippen LogP contribution in [0.4, 0.5) is 5.82 Å². The smallest absolute Gasteiger partial charge is 0.221 e. The van der Waals surface area contributed by atoms with Crippen LogP contribution >= 0.6 is 0 Å². The molecule has 11 heteroatoms. The van der Waals surface area contributed by atoms with E-state index in [2.05, 4.69) is 32.1 Å². The maximum atomic E-state index is 11.0. The molecule has 3 aromatic heterocycles. The summed E-state index contributed by atoms with van der Waals surface area (Å²) >= 11 is 0. The van der Waals surface area contributed by atoms with Gasteiger partial charge in [0, 0.05) is 25.7 Å². The lowest BCUT2D eigenvalue weighted by atomic mass is 9.94. The van der Waals surface area contributed by atoms with E-state index in [0.717, 1.165) is 50.3 Å². The zero-order valence-corrected chi connectivity index (χ0v) is 20.5. The van der Waals surface area contributed by atoms with Crippen LogP contribution in [0, 0.1) is 5.92 Å². The van der Waals surface area contributed by atoms with E-state index in [1.54, 1.807) is 6.20 Å². The molecule has 5 rings (SSSR count). The summed E-state index contributed by atoms with van der Waals surface area (Å²) in [7, 11) is 0. The van der Waals surface area contributed by atoms with Crippen LogP contribution in [0.1, 0.15) is 31.9 Å². The first-order valence-corrected chi connectivity index (χ1v) is 12.2. The van der Waals surface area contributed by atoms with Crippen molar-refractivity contribution in [3.63, 3.8) is 0 Å². The van der Waals surface area contributed by atoms with E-state index >= 15 is 0 Å². The number of fused-ring (bicyclic) bond motifs is 1. The van der Waals surface area contributed by atoms with E-state index in [9.17, 15) is 5.11 Å². The first kappa shape index (κ1) is 24.2. The average Bonchev–Trinajstić information content (AvgIpc) is 3.49. The lowest BCUT2D eigenvalue weighted by Gasteiger charge is -2.28. The van der Waals surface area contributed by atoms with Gasteiger partial charge >= 0.3 is 0 Å². The van der Waals surface area contributed by atoms with Gasteiger partial charge in [0.05, 0.1) is 31.0 Å². The summed E-state index contributed by atoms with van der Waals surface area (Å²) in [6, 6.07) is 9.36. The number of anilines is 1. The van der Waals surface area contributed by atoms with E-state index in [1.165, 1.54) is 0 Å². The summed E-state index contributed by atoms with van der Waals surface area (Å²) in [6.45, 7) is 9.12. The van der Waals surface area contributed by atoms with Gasteiger partial charge in [-0.05, 0) is 53.8 Å². The molecule has 2 atom stereocenters. The third-order valence-corrected chi connectivity index (χ3v) is 6.62. The normalized spacial score (nSPS) is 16.3. The average molecular weight is 494 g/mol. The predicted molar refractivity (Wildman–Crippen MR) is 133 cm³/mol. The van der Waals surface area contributed by atoms with Crippen molar-refractivity contribution in [3.05, 3.63) is 42.1 Å². The van der Waals surface area contributed by atoms with Crippen molar-refractivity contribution < 1.29 is 19.2 Å². The van der Waals surface area contributed by atoms with Crippen molar-refractivity contribution in [3.8, 4) is 23.1 Å². The number of aryl methyl sites for hydroxylation is 1. The van der Waals surface area contributed by atoms with Gasteiger partial charge in [-0.15, -0.1) is 0 Å². The number of aliphatic hydroxyl groups is 1. The number of hydrogen-bond acceptors (Lipinski definition) is 10. The molecule has 0 amide bonds. The van der Waals surface area contributed by atoms with Crippen molar-refractivity contribution in [2.24, 2.45) is 5.92 Å². The Bertz CT molecular complexity index is 1310. The highest BCUT2D eigenvalue weighted by atomic mass is 16.6. The first-order valence-electron chi connectivity index (χ1n) is 12.2. The Hall–Kier alpha value is -3.54. The molecule has 0 aliphatic carbocycles. The predicted octanol–water partition coefficient (Wildman–Crippen LogP) is 3.27. The molecule has 4 heterocycles. The lowest BCUT2D eigenvalue weighted by molar-refractivity contribution is 0.0301. The van der Waals surface area contributed by atoms with Crippen LogP contribution in [0.3, 0.4) is 0 Å². The number of ether oxygens (including phenoxy) is 2. The molecular formula is C25H31N7O4. The Balaban J connectivity index is 1.31. The standard InChI is InChI=1S/C25H31N7O4/c1-3-32-20-14-21(27-15-19(20)28-25(32)22-24(26)30-36-29-22)35-18-6-4-5-17(13-18)23(33)16(2)7-8-31-9-11-34-12-10-31/h4-6,13-16,23,33H,3,7-12H2,1-2H3,(H2,26,30). The van der Waals surface area contributed by atoms with Crippen LogP contribution in [0.15, 0.2) is 41.2 Å². The Morgan fingerprint density at radius 1 is 1.19 bits per heavy atom. The second-order valence-electron chi connectivity index (χ2n) is 9.03. The van der Waals surface area contributed by atoms with E-state index in [1.807, 2.05) is 41.8 Å². The molecule has 2 unspecified atom stereocenters. The Morgan fingerprint density at radius 2 is 2.03 bits per heavy atom. The van der Waals surface area contributed by atoms with E-state index < -0.39 is 6.10 Å². The lowest BCUT2D eigenvalue weighted by Crippen LogP contribution is -2.37. The number of morpholine rings is 1. The first-order chi connectivity index (χ1) is 17.5. The van der Waals surface area contributed by atoms with E-state index in [4.69, 9.17) is 19.8 Å². The summed E-state index contributed by atoms with van der Waals surface area (Å²) in [5, 5.41) is 18.5. The molecule has 36 heavy (non-hydrogen) atoms. The van der Waals surface area contributed by atoms with Crippen LogP contribution in [0.5, 0.6) is 11.6 Å². The molecule has 0 bridgehead atoms. The quantitative estimate of drug-likeness (QED) is 0.357. The van der Waals surface area contributed by atoms with Crippen LogP contribution in [0.25, 0.3) is 22.6 Å². The minimum atomic E-state index is -0.587. The van der Waals surface area contributed by atoms with Crippen molar-refractivity contribution in [1.29, 1.82) is 0 Å². The number of nitrogen functional groups attached to an aromatic ring is 1. The number of hydrogen-bond donors (Lipinski definition) is 2. The number of aromatic nitrogens is 5. The van der Waals surface area contributed by atoms with Crippen LogP contribution < -0.4 is 10.5 Å². The number of pyridine rings is 1. The fraction of sp³-hybridized carbons (Fsp3) is 0.440. The number of benzene rings is 1. The monoisotopic (exact) mass is 493 g/mol. The maximum absolute atomic E-state index is 11.0. The Morgan fingerprint density at radius 3 is 2.78 bits per heavy atom. The van der Waals surface area contributed by atoms with Gasteiger partial charge in [0.25, 0.3) is 0 Å². The zero-order valence-electron chi connectivity index (χ0n) is 20.5. The molecule has 1 saturated heterocycles. The largest absolute Gasteiger partial charge is 0.439 e. The molecule has 4 aromatic rings. The fourth-order valence-electron chi connectivity index (χ4n) is 4.50. The third kappa shape index (κ3) is 5.03. The fourth-order valence-corrected chi connectivity index (χ4v) is 4.50. The van der Waals surface area contributed by atoms with Crippen molar-refractivity contribution in [1.82, 2.24) is 29.7 Å². The summed E-state index contributed by atoms with van der Waals surface area (Å²) < 4.78 is 18.2. The van der Waals surface area contributed by atoms with Gasteiger partial charge in [-0.3, -0.25) is 4.90 Å². The van der Waals surface area contributed by atoms with Gasteiger partial charge in [-0.1, -0.05) is 19.1 Å². The number of aliphatic hydroxyl groups excluding tert-OH is 1. The topological polar surface area (TPSA) is 138 Å². The molecule has 3 N–H and O–H groups in total. The number of nitrogens with two attached hydrogens (primary N) is 1. The number of nitrogens with zero attached hydrogens (tertiary/aromatic N) is 6. The maximum Gasteiger partial charge on any atom is 0.221 e. The van der Waals surface area contributed by atoms with Crippen LogP contribution in [-0.4, -0.2) is 67.7 Å². The summed E-state index contributed by atoms with van der Waals surface area (Å²) in [6.07, 6.45) is 1.96. The van der Waals surface area contributed by atoms with Crippen LogP contribution in [0.2, 0.25) is 0 Å². The molecule has 0 radical (unpaired) electrons. The number of rotatable bonds is 9. The SMILES string of the molecule is CCn1c(-c2nonc2N)nc2cnc(Oc3cccc(C(O)C(C)CCN4CCOCC4)c3)cc21. The minimum Gasteiger partial charge on any atom is -0.439 e. The van der Waals surface area contributed by atoms with Crippen molar-refractivity contribution in [2.75, 3.05) is 38.6 Å². The molecule has 11 nitrogen and oxygen atoms in total. The van der Waals surface area contributed by atoms with E-state index in [0.29, 0.717) is 35.2 Å². The third-order valence-electron chi connectivity index (χ3n) is 6.62. The van der Waals surface area contributed by atoms with Gasteiger partial charge in [0.2, 0.25) is 5.88 Å². The molecule has 0 spiro atoms. The van der Waals surface area contributed by atoms with Crippen molar-refractivity contribution in [2.45, 2.75) is 32.9 Å². The van der Waals surface area contributed by atoms with E-state index in [-0.39, 0.29) is 11.7 Å². The molecule has 190 valence electrons. The highest BCUT2D eigenvalue weighted by molar-refractivity contribution is 5.81. The second-order valence-corrected chi connectivity index (χ2v) is 9.03. The van der Waals surface area contributed by atoms with Gasteiger partial charge in [0.1, 0.15) is 11.3 Å².